The molecule has 1 aliphatic heterocycles. The molecule has 1 aromatic carbocycles. The van der Waals surface area contributed by atoms with E-state index in [4.69, 9.17) is 10.00 Å². The second-order valence-electron chi connectivity index (χ2n) is 5.64. The van der Waals surface area contributed by atoms with Crippen LogP contribution in [0.15, 0.2) is 29.5 Å². The Morgan fingerprint density at radius 1 is 1.48 bits per heavy atom. The molecule has 0 fully saturated rings. The van der Waals surface area contributed by atoms with E-state index in [2.05, 4.69) is 11.4 Å². The van der Waals surface area contributed by atoms with Gasteiger partial charge in [0.25, 0.3) is 11.8 Å². The first kappa shape index (κ1) is 18.3. The van der Waals surface area contributed by atoms with Crippen LogP contribution in [0.5, 0.6) is 5.75 Å². The summed E-state index contributed by atoms with van der Waals surface area (Å²) in [4.78, 5) is 25.2. The van der Waals surface area contributed by atoms with Gasteiger partial charge in [-0.05, 0) is 37.5 Å². The first-order chi connectivity index (χ1) is 12.0. The molecule has 2 rings (SSSR count). The van der Waals surface area contributed by atoms with Crippen molar-refractivity contribution in [3.63, 3.8) is 0 Å². The average Bonchev–Trinajstić information content (AvgIpc) is 2.93. The fourth-order valence-corrected chi connectivity index (χ4v) is 2.66. The first-order valence-electron chi connectivity index (χ1n) is 8.08. The highest BCUT2D eigenvalue weighted by Gasteiger charge is 2.32. The molecule has 0 atom stereocenters. The third-order valence-corrected chi connectivity index (χ3v) is 4.11. The van der Waals surface area contributed by atoms with E-state index in [1.807, 2.05) is 6.07 Å². The Hall–Kier alpha value is -3.01. The van der Waals surface area contributed by atoms with Crippen molar-refractivity contribution in [1.29, 1.82) is 5.26 Å². The Balaban J connectivity index is 1.87. The van der Waals surface area contributed by atoms with E-state index in [0.717, 1.165) is 5.56 Å². The molecule has 0 aromatic heterocycles. The van der Waals surface area contributed by atoms with Gasteiger partial charge in [-0.25, -0.2) is 0 Å². The van der Waals surface area contributed by atoms with Gasteiger partial charge in [0.2, 0.25) is 0 Å². The fraction of sp³-hybridized carbons (Fsp3) is 0.389. The highest BCUT2D eigenvalue weighted by Crippen LogP contribution is 2.21. The first-order valence-corrected chi connectivity index (χ1v) is 8.08. The maximum Gasteiger partial charge on any atom is 0.289 e. The van der Waals surface area contributed by atoms with Crippen LogP contribution < -0.4 is 10.1 Å². The molecule has 1 aliphatic rings. The predicted octanol–water partition coefficient (Wildman–Crippen LogP) is 1.29. The van der Waals surface area contributed by atoms with Crippen LogP contribution >= 0.6 is 0 Å². The third kappa shape index (κ3) is 4.10. The largest absolute Gasteiger partial charge is 0.503 e. The Morgan fingerprint density at radius 2 is 2.24 bits per heavy atom. The van der Waals surface area contributed by atoms with Crippen molar-refractivity contribution in [3.8, 4) is 11.8 Å². The fourth-order valence-electron chi connectivity index (χ4n) is 2.66. The average molecular weight is 343 g/mol. The molecule has 1 heterocycles. The number of aliphatic hydroxyl groups is 1. The number of benzene rings is 1. The predicted molar refractivity (Wildman–Crippen MR) is 90.9 cm³/mol. The highest BCUT2D eigenvalue weighted by molar-refractivity contribution is 6.06. The number of amides is 2. The summed E-state index contributed by atoms with van der Waals surface area (Å²) in [7, 11) is 1.55. The van der Waals surface area contributed by atoms with E-state index in [-0.39, 0.29) is 12.1 Å². The Morgan fingerprint density at radius 3 is 2.84 bits per heavy atom. The minimum Gasteiger partial charge on any atom is -0.503 e. The summed E-state index contributed by atoms with van der Waals surface area (Å²) in [6.07, 6.45) is 1.33. The summed E-state index contributed by atoms with van der Waals surface area (Å²) in [5, 5.41) is 21.4. The molecule has 0 saturated heterocycles. The quantitative estimate of drug-likeness (QED) is 0.726. The normalized spacial score (nSPS) is 13.8. The molecule has 0 aliphatic carbocycles. The maximum absolute atomic E-state index is 12.1. The molecule has 0 bridgehead atoms. The molecule has 25 heavy (non-hydrogen) atoms. The van der Waals surface area contributed by atoms with E-state index in [9.17, 15) is 14.7 Å². The van der Waals surface area contributed by atoms with Crippen molar-refractivity contribution in [1.82, 2.24) is 10.2 Å². The van der Waals surface area contributed by atoms with Gasteiger partial charge in [0.1, 0.15) is 5.75 Å². The number of nitriles is 1. The molecule has 0 radical (unpaired) electrons. The molecule has 0 spiro atoms. The number of carbonyl (C=O) groups is 2. The summed E-state index contributed by atoms with van der Waals surface area (Å²) >= 11 is 0. The molecule has 7 nitrogen and oxygen atoms in total. The number of carbonyl (C=O) groups excluding carboxylic acids is 2. The second-order valence-corrected chi connectivity index (χ2v) is 5.64. The number of ether oxygens (including phenoxy) is 1. The minimum absolute atomic E-state index is 0.114. The second kappa shape index (κ2) is 8.20. The zero-order valence-corrected chi connectivity index (χ0v) is 14.3. The van der Waals surface area contributed by atoms with E-state index < -0.39 is 17.6 Å². The molecule has 0 saturated carbocycles. The minimum atomic E-state index is -0.505. The molecular formula is C18H21N3O4. The van der Waals surface area contributed by atoms with Gasteiger partial charge in [0, 0.05) is 13.1 Å². The molecule has 7 heteroatoms. The van der Waals surface area contributed by atoms with Crippen LogP contribution in [0.1, 0.15) is 24.5 Å². The summed E-state index contributed by atoms with van der Waals surface area (Å²) in [5.74, 6) is -0.748. The van der Waals surface area contributed by atoms with Gasteiger partial charge in [0.05, 0.1) is 30.9 Å². The van der Waals surface area contributed by atoms with E-state index in [0.29, 0.717) is 37.2 Å². The Labute approximate surface area is 146 Å². The van der Waals surface area contributed by atoms with Gasteiger partial charge in [-0.15, -0.1) is 0 Å². The number of hydrogen-bond donors (Lipinski definition) is 2. The number of aliphatic hydroxyl groups excluding tert-OH is 1. The van der Waals surface area contributed by atoms with E-state index in [1.165, 1.54) is 4.90 Å². The molecule has 1 aromatic rings. The molecule has 2 N–H and O–H groups in total. The van der Waals surface area contributed by atoms with Crippen LogP contribution in [-0.2, 0) is 16.0 Å². The zero-order valence-electron chi connectivity index (χ0n) is 14.3. The standard InChI is InChI=1S/C18H21N3O4/c1-3-21-11-14(16(22)18(21)24)17(23)20-8-4-5-13-7-6-12(10-19)9-15(13)25-2/h6-7,9,22H,3-5,8,11H2,1-2H3,(H,20,23). The number of aryl methyl sites for hydroxylation is 1. The Kier molecular flexibility index (Phi) is 6.01. The lowest BCUT2D eigenvalue weighted by molar-refractivity contribution is -0.127. The van der Waals surface area contributed by atoms with Gasteiger partial charge in [-0.3, -0.25) is 9.59 Å². The van der Waals surface area contributed by atoms with Crippen LogP contribution in [0.25, 0.3) is 0 Å². The topological polar surface area (TPSA) is 103 Å². The van der Waals surface area contributed by atoms with Crippen LogP contribution in [0.3, 0.4) is 0 Å². The molecular weight excluding hydrogens is 322 g/mol. The van der Waals surface area contributed by atoms with Crippen LogP contribution in [0, 0.1) is 11.3 Å². The monoisotopic (exact) mass is 343 g/mol. The smallest absolute Gasteiger partial charge is 0.289 e. The number of hydrogen-bond acceptors (Lipinski definition) is 5. The van der Waals surface area contributed by atoms with Crippen molar-refractivity contribution < 1.29 is 19.4 Å². The van der Waals surface area contributed by atoms with E-state index in [1.54, 1.807) is 26.2 Å². The maximum atomic E-state index is 12.1. The summed E-state index contributed by atoms with van der Waals surface area (Å²) in [6.45, 7) is 2.77. The number of nitrogens with one attached hydrogen (secondary N) is 1. The van der Waals surface area contributed by atoms with Crippen LogP contribution in [-0.4, -0.2) is 48.6 Å². The van der Waals surface area contributed by atoms with Gasteiger partial charge < -0.3 is 20.1 Å². The van der Waals surface area contributed by atoms with Gasteiger partial charge >= 0.3 is 0 Å². The molecule has 2 amide bonds. The van der Waals surface area contributed by atoms with Gasteiger partial charge in [-0.1, -0.05) is 6.07 Å². The zero-order chi connectivity index (χ0) is 18.4. The summed E-state index contributed by atoms with van der Waals surface area (Å²) < 4.78 is 5.28. The lowest BCUT2D eigenvalue weighted by Crippen LogP contribution is -2.30. The summed E-state index contributed by atoms with van der Waals surface area (Å²) in [5.41, 5.74) is 1.59. The number of likely N-dealkylation sites (N-methyl/N-ethyl adjacent to an activating group) is 1. The van der Waals surface area contributed by atoms with Crippen LogP contribution in [0.4, 0.5) is 0 Å². The number of nitrogens with zero attached hydrogens (tertiary/aromatic N) is 2. The molecule has 132 valence electrons. The SMILES string of the molecule is CCN1CC(C(=O)NCCCc2ccc(C#N)cc2OC)=C(O)C1=O. The van der Waals surface area contributed by atoms with Crippen molar-refractivity contribution in [2.75, 3.05) is 26.7 Å². The Bertz CT molecular complexity index is 749. The van der Waals surface area contributed by atoms with Gasteiger partial charge in [0.15, 0.2) is 5.76 Å². The lowest BCUT2D eigenvalue weighted by atomic mass is 10.1. The summed E-state index contributed by atoms with van der Waals surface area (Å²) in [6, 6.07) is 7.30. The lowest BCUT2D eigenvalue weighted by Gasteiger charge is -2.12. The van der Waals surface area contributed by atoms with Crippen LogP contribution in [0.2, 0.25) is 0 Å². The number of methoxy groups -OCH3 is 1. The number of rotatable bonds is 7. The highest BCUT2D eigenvalue weighted by atomic mass is 16.5. The van der Waals surface area contributed by atoms with E-state index >= 15 is 0 Å². The van der Waals surface area contributed by atoms with Crippen molar-refractivity contribution in [3.05, 3.63) is 40.7 Å². The van der Waals surface area contributed by atoms with Crippen molar-refractivity contribution >= 4 is 11.8 Å². The van der Waals surface area contributed by atoms with Gasteiger partial charge in [-0.2, -0.15) is 5.26 Å². The van der Waals surface area contributed by atoms with Crippen molar-refractivity contribution in [2.24, 2.45) is 0 Å². The van der Waals surface area contributed by atoms with Crippen molar-refractivity contribution in [2.45, 2.75) is 19.8 Å². The molecule has 0 unspecified atom stereocenters. The third-order valence-electron chi connectivity index (χ3n) is 4.11.